The Kier molecular flexibility index (Phi) is 3.25. The van der Waals surface area contributed by atoms with Crippen LogP contribution in [0, 0.1) is 0 Å². The van der Waals surface area contributed by atoms with Crippen LogP contribution >= 0.6 is 0 Å². The SMILES string of the molecule is COC(C)C(=O)NC1CC1c1ccccc1. The van der Waals surface area contributed by atoms with Gasteiger partial charge in [-0.05, 0) is 18.9 Å². The predicted octanol–water partition coefficient (Wildman–Crippen LogP) is 1.69. The molecule has 0 heterocycles. The molecule has 2 rings (SSSR count). The second-order valence-corrected chi connectivity index (χ2v) is 4.25. The van der Waals surface area contributed by atoms with Crippen molar-refractivity contribution in [1.82, 2.24) is 5.32 Å². The highest BCUT2D eigenvalue weighted by atomic mass is 16.5. The Hall–Kier alpha value is -1.35. The Labute approximate surface area is 95.8 Å². The van der Waals surface area contributed by atoms with Gasteiger partial charge in [-0.1, -0.05) is 30.3 Å². The molecule has 3 nitrogen and oxygen atoms in total. The molecule has 3 atom stereocenters. The molecule has 1 aromatic carbocycles. The zero-order chi connectivity index (χ0) is 11.5. The summed E-state index contributed by atoms with van der Waals surface area (Å²) in [5, 5.41) is 2.99. The zero-order valence-corrected chi connectivity index (χ0v) is 9.64. The topological polar surface area (TPSA) is 38.3 Å². The molecule has 1 aliphatic rings. The number of benzene rings is 1. The van der Waals surface area contributed by atoms with Crippen LogP contribution < -0.4 is 5.32 Å². The van der Waals surface area contributed by atoms with Gasteiger partial charge >= 0.3 is 0 Å². The average Bonchev–Trinajstić information content (AvgIpc) is 3.08. The van der Waals surface area contributed by atoms with Crippen LogP contribution in [0.25, 0.3) is 0 Å². The van der Waals surface area contributed by atoms with Gasteiger partial charge in [0.2, 0.25) is 5.91 Å². The van der Waals surface area contributed by atoms with E-state index < -0.39 is 0 Å². The maximum atomic E-state index is 11.6. The van der Waals surface area contributed by atoms with E-state index >= 15 is 0 Å². The smallest absolute Gasteiger partial charge is 0.249 e. The van der Waals surface area contributed by atoms with Gasteiger partial charge in [0.25, 0.3) is 0 Å². The van der Waals surface area contributed by atoms with E-state index in [1.165, 1.54) is 5.56 Å². The fraction of sp³-hybridized carbons (Fsp3) is 0.462. The van der Waals surface area contributed by atoms with E-state index in [-0.39, 0.29) is 18.1 Å². The van der Waals surface area contributed by atoms with Gasteiger partial charge in [-0.2, -0.15) is 0 Å². The normalized spacial score (nSPS) is 24.9. The lowest BCUT2D eigenvalue weighted by Gasteiger charge is -2.10. The van der Waals surface area contributed by atoms with Crippen LogP contribution in [0.5, 0.6) is 0 Å². The molecular weight excluding hydrogens is 202 g/mol. The summed E-state index contributed by atoms with van der Waals surface area (Å²) in [7, 11) is 1.55. The van der Waals surface area contributed by atoms with Crippen molar-refractivity contribution in [2.75, 3.05) is 7.11 Å². The van der Waals surface area contributed by atoms with Crippen LogP contribution in [0.1, 0.15) is 24.8 Å². The minimum absolute atomic E-state index is 0.0223. The van der Waals surface area contributed by atoms with E-state index in [1.807, 2.05) is 18.2 Å². The van der Waals surface area contributed by atoms with Crippen LogP contribution in [-0.4, -0.2) is 25.2 Å². The summed E-state index contributed by atoms with van der Waals surface area (Å²) in [6, 6.07) is 10.6. The summed E-state index contributed by atoms with van der Waals surface area (Å²) >= 11 is 0. The molecule has 1 fully saturated rings. The van der Waals surface area contributed by atoms with Gasteiger partial charge in [-0.3, -0.25) is 4.79 Å². The van der Waals surface area contributed by atoms with E-state index in [2.05, 4.69) is 17.4 Å². The Balaban J connectivity index is 1.86. The van der Waals surface area contributed by atoms with Crippen LogP contribution in [0.3, 0.4) is 0 Å². The fourth-order valence-corrected chi connectivity index (χ4v) is 1.83. The first-order valence-corrected chi connectivity index (χ1v) is 5.60. The minimum Gasteiger partial charge on any atom is -0.372 e. The largest absolute Gasteiger partial charge is 0.372 e. The van der Waals surface area contributed by atoms with Gasteiger partial charge in [0.05, 0.1) is 0 Å². The van der Waals surface area contributed by atoms with Gasteiger partial charge in [-0.15, -0.1) is 0 Å². The summed E-state index contributed by atoms with van der Waals surface area (Å²) in [4.78, 5) is 11.6. The maximum Gasteiger partial charge on any atom is 0.249 e. The standard InChI is InChI=1S/C13H17NO2/c1-9(16-2)13(15)14-12-8-11(12)10-6-4-3-5-7-10/h3-7,9,11-12H,8H2,1-2H3,(H,14,15). The lowest BCUT2D eigenvalue weighted by atomic mass is 10.1. The Morgan fingerprint density at radius 3 is 2.75 bits per heavy atom. The third-order valence-corrected chi connectivity index (χ3v) is 3.07. The van der Waals surface area contributed by atoms with Crippen molar-refractivity contribution in [3.8, 4) is 0 Å². The lowest BCUT2D eigenvalue weighted by Crippen LogP contribution is -2.35. The molecule has 86 valence electrons. The van der Waals surface area contributed by atoms with Crippen molar-refractivity contribution in [2.24, 2.45) is 0 Å². The maximum absolute atomic E-state index is 11.6. The quantitative estimate of drug-likeness (QED) is 0.837. The van der Waals surface area contributed by atoms with E-state index in [0.29, 0.717) is 5.92 Å². The van der Waals surface area contributed by atoms with Gasteiger partial charge < -0.3 is 10.1 Å². The third kappa shape index (κ3) is 2.42. The second-order valence-electron chi connectivity index (χ2n) is 4.25. The molecule has 3 heteroatoms. The molecule has 0 aliphatic heterocycles. The molecule has 0 radical (unpaired) electrons. The number of hydrogen-bond acceptors (Lipinski definition) is 2. The summed E-state index contributed by atoms with van der Waals surface area (Å²) < 4.78 is 4.97. The summed E-state index contributed by atoms with van der Waals surface area (Å²) in [5.41, 5.74) is 1.30. The highest BCUT2D eigenvalue weighted by molar-refractivity contribution is 5.81. The second kappa shape index (κ2) is 4.66. The summed E-state index contributed by atoms with van der Waals surface area (Å²) in [6.45, 7) is 1.76. The molecule has 0 bridgehead atoms. The Morgan fingerprint density at radius 2 is 2.12 bits per heavy atom. The number of hydrogen-bond donors (Lipinski definition) is 1. The average molecular weight is 219 g/mol. The van der Waals surface area contributed by atoms with Crippen molar-refractivity contribution >= 4 is 5.91 Å². The summed E-state index contributed by atoms with van der Waals surface area (Å²) in [6.07, 6.45) is 0.670. The zero-order valence-electron chi connectivity index (χ0n) is 9.64. The van der Waals surface area contributed by atoms with Crippen molar-refractivity contribution in [2.45, 2.75) is 31.4 Å². The van der Waals surface area contributed by atoms with E-state index in [0.717, 1.165) is 6.42 Å². The van der Waals surface area contributed by atoms with Crippen LogP contribution in [0.2, 0.25) is 0 Å². The van der Waals surface area contributed by atoms with Gasteiger partial charge in [0.1, 0.15) is 6.10 Å². The van der Waals surface area contributed by atoms with Crippen molar-refractivity contribution < 1.29 is 9.53 Å². The molecule has 16 heavy (non-hydrogen) atoms. The molecule has 1 aliphatic carbocycles. The van der Waals surface area contributed by atoms with Crippen LogP contribution in [0.4, 0.5) is 0 Å². The van der Waals surface area contributed by atoms with Gasteiger partial charge in [-0.25, -0.2) is 0 Å². The van der Waals surface area contributed by atoms with Crippen molar-refractivity contribution in [1.29, 1.82) is 0 Å². The number of ether oxygens (including phenoxy) is 1. The van der Waals surface area contributed by atoms with E-state index in [9.17, 15) is 4.79 Å². The molecule has 0 aromatic heterocycles. The molecule has 1 aromatic rings. The minimum atomic E-state index is -0.364. The molecule has 1 amide bonds. The first kappa shape index (κ1) is 11.1. The van der Waals surface area contributed by atoms with Crippen LogP contribution in [0.15, 0.2) is 30.3 Å². The lowest BCUT2D eigenvalue weighted by molar-refractivity contribution is -0.130. The monoisotopic (exact) mass is 219 g/mol. The Bertz CT molecular complexity index is 363. The van der Waals surface area contributed by atoms with Gasteiger partial charge in [0, 0.05) is 19.1 Å². The van der Waals surface area contributed by atoms with Crippen molar-refractivity contribution in [3.05, 3.63) is 35.9 Å². The molecule has 0 saturated heterocycles. The number of carbonyl (C=O) groups is 1. The number of nitrogens with one attached hydrogen (secondary N) is 1. The Morgan fingerprint density at radius 1 is 1.44 bits per heavy atom. The predicted molar refractivity (Wildman–Crippen MR) is 62.2 cm³/mol. The summed E-state index contributed by atoms with van der Waals surface area (Å²) in [5.74, 6) is 0.458. The highest BCUT2D eigenvalue weighted by Crippen LogP contribution is 2.40. The fourth-order valence-electron chi connectivity index (χ4n) is 1.83. The first-order valence-electron chi connectivity index (χ1n) is 5.60. The molecular formula is C13H17NO2. The number of carbonyl (C=O) groups excluding carboxylic acids is 1. The third-order valence-electron chi connectivity index (χ3n) is 3.07. The molecule has 3 unspecified atom stereocenters. The number of rotatable bonds is 4. The molecule has 1 saturated carbocycles. The van der Waals surface area contributed by atoms with E-state index in [4.69, 9.17) is 4.74 Å². The number of amides is 1. The number of methoxy groups -OCH3 is 1. The first-order chi connectivity index (χ1) is 7.72. The van der Waals surface area contributed by atoms with Crippen molar-refractivity contribution in [3.63, 3.8) is 0 Å². The van der Waals surface area contributed by atoms with Crippen LogP contribution in [-0.2, 0) is 9.53 Å². The highest BCUT2D eigenvalue weighted by Gasteiger charge is 2.39. The van der Waals surface area contributed by atoms with Gasteiger partial charge in [0.15, 0.2) is 0 Å². The van der Waals surface area contributed by atoms with E-state index in [1.54, 1.807) is 14.0 Å². The molecule has 0 spiro atoms. The molecule has 1 N–H and O–H groups in total.